The quantitative estimate of drug-likeness (QED) is 0.860. The molecule has 0 aliphatic rings. The van der Waals surface area contributed by atoms with Gasteiger partial charge in [0.25, 0.3) is 0 Å². The van der Waals surface area contributed by atoms with E-state index in [0.29, 0.717) is 11.6 Å². The van der Waals surface area contributed by atoms with E-state index in [1.165, 1.54) is 0 Å². The largest absolute Gasteiger partial charge is 0.357 e. The maximum Gasteiger partial charge on any atom is 0.242 e. The predicted octanol–water partition coefficient (Wildman–Crippen LogP) is 3.35. The summed E-state index contributed by atoms with van der Waals surface area (Å²) >= 11 is 6.17. The maximum absolute atomic E-state index is 12.9. The molecule has 0 fully saturated rings. The molecule has 25 heavy (non-hydrogen) atoms. The second-order valence-electron chi connectivity index (χ2n) is 6.07. The fourth-order valence-corrected chi connectivity index (χ4v) is 2.79. The molecule has 0 aromatic heterocycles. The van der Waals surface area contributed by atoms with Crippen LogP contribution in [0.2, 0.25) is 5.02 Å². The van der Waals surface area contributed by atoms with Crippen molar-refractivity contribution in [2.45, 2.75) is 32.9 Å². The molecule has 0 aliphatic carbocycles. The number of carbonyl (C=O) groups excluding carboxylic acids is 2. The third-order valence-electron chi connectivity index (χ3n) is 4.19. The first-order chi connectivity index (χ1) is 11.9. The lowest BCUT2D eigenvalue weighted by atomic mass is 10.1. The van der Waals surface area contributed by atoms with Crippen LogP contribution < -0.4 is 5.32 Å². The van der Waals surface area contributed by atoms with Crippen LogP contribution in [0.1, 0.15) is 23.6 Å². The third kappa shape index (κ3) is 5.07. The van der Waals surface area contributed by atoms with Crippen LogP contribution in [0, 0.1) is 6.92 Å². The van der Waals surface area contributed by atoms with Gasteiger partial charge in [-0.1, -0.05) is 59.6 Å². The van der Waals surface area contributed by atoms with Gasteiger partial charge in [-0.15, -0.1) is 0 Å². The summed E-state index contributed by atoms with van der Waals surface area (Å²) in [6.45, 7) is 4.12. The standard InChI is InChI=1S/C20H23ClN2O2/c1-14-8-10-16(11-9-14)13-23(15(2)20(25)22-3)19(24)12-17-6-4-5-7-18(17)21/h4-11,15H,12-13H2,1-3H3,(H,22,25)/t15-/m1/s1. The average Bonchev–Trinajstić information content (AvgIpc) is 2.61. The van der Waals surface area contributed by atoms with Crippen LogP contribution in [0.4, 0.5) is 0 Å². The second kappa shape index (κ2) is 8.67. The first kappa shape index (κ1) is 19.0. The number of halogens is 1. The van der Waals surface area contributed by atoms with E-state index in [0.717, 1.165) is 16.7 Å². The molecule has 2 aromatic carbocycles. The zero-order valence-corrected chi connectivity index (χ0v) is 15.5. The smallest absolute Gasteiger partial charge is 0.242 e. The number of hydrogen-bond donors (Lipinski definition) is 1. The maximum atomic E-state index is 12.9. The molecule has 2 rings (SSSR count). The lowest BCUT2D eigenvalue weighted by Crippen LogP contribution is -2.47. The van der Waals surface area contributed by atoms with Crippen LogP contribution in [0.25, 0.3) is 0 Å². The first-order valence-electron chi connectivity index (χ1n) is 8.22. The molecular formula is C20H23ClN2O2. The van der Waals surface area contributed by atoms with Gasteiger partial charge in [-0.3, -0.25) is 9.59 Å². The number of rotatable bonds is 6. The minimum Gasteiger partial charge on any atom is -0.357 e. The van der Waals surface area contributed by atoms with Gasteiger partial charge in [0.2, 0.25) is 11.8 Å². The highest BCUT2D eigenvalue weighted by Crippen LogP contribution is 2.18. The zero-order chi connectivity index (χ0) is 18.4. The van der Waals surface area contributed by atoms with Gasteiger partial charge in [0.1, 0.15) is 6.04 Å². The SMILES string of the molecule is CNC(=O)[C@@H](C)N(Cc1ccc(C)cc1)C(=O)Cc1ccccc1Cl. The second-order valence-corrected chi connectivity index (χ2v) is 6.47. The minimum atomic E-state index is -0.568. The Morgan fingerprint density at radius 3 is 2.36 bits per heavy atom. The van der Waals surface area contributed by atoms with Gasteiger partial charge in [-0.05, 0) is 31.0 Å². The summed E-state index contributed by atoms with van der Waals surface area (Å²) in [4.78, 5) is 26.6. The molecule has 0 bridgehead atoms. The predicted molar refractivity (Wildman–Crippen MR) is 100 cm³/mol. The van der Waals surface area contributed by atoms with Crippen LogP contribution >= 0.6 is 11.6 Å². The summed E-state index contributed by atoms with van der Waals surface area (Å²) in [5.74, 6) is -0.329. The van der Waals surface area contributed by atoms with E-state index in [1.807, 2.05) is 49.4 Å². The van der Waals surface area contributed by atoms with E-state index < -0.39 is 6.04 Å². The lowest BCUT2D eigenvalue weighted by molar-refractivity contribution is -0.139. The summed E-state index contributed by atoms with van der Waals surface area (Å²) in [5.41, 5.74) is 2.89. The van der Waals surface area contributed by atoms with Crippen molar-refractivity contribution in [1.29, 1.82) is 0 Å². The molecule has 0 radical (unpaired) electrons. The fraction of sp³-hybridized carbons (Fsp3) is 0.300. The van der Waals surface area contributed by atoms with Crippen molar-refractivity contribution < 1.29 is 9.59 Å². The molecule has 132 valence electrons. The Kier molecular flexibility index (Phi) is 6.59. The Bertz CT molecular complexity index is 744. The number of aryl methyl sites for hydroxylation is 1. The third-order valence-corrected chi connectivity index (χ3v) is 4.56. The number of nitrogens with zero attached hydrogens (tertiary/aromatic N) is 1. The minimum absolute atomic E-state index is 0.134. The molecule has 0 unspecified atom stereocenters. The Hall–Kier alpha value is -2.33. The Morgan fingerprint density at radius 2 is 1.76 bits per heavy atom. The number of carbonyl (C=O) groups is 2. The molecule has 1 atom stereocenters. The molecule has 0 aliphatic heterocycles. The van der Waals surface area contributed by atoms with Crippen molar-refractivity contribution in [3.05, 3.63) is 70.2 Å². The molecule has 4 nitrogen and oxygen atoms in total. The van der Waals surface area contributed by atoms with Crippen LogP contribution in [-0.2, 0) is 22.6 Å². The van der Waals surface area contributed by atoms with Crippen molar-refractivity contribution in [2.24, 2.45) is 0 Å². The molecule has 5 heteroatoms. The average molecular weight is 359 g/mol. The number of amides is 2. The Balaban J connectivity index is 2.23. The molecule has 2 aromatic rings. The molecule has 1 N–H and O–H groups in total. The molecule has 0 spiro atoms. The van der Waals surface area contributed by atoms with E-state index in [1.54, 1.807) is 24.9 Å². The van der Waals surface area contributed by atoms with Crippen LogP contribution in [0.3, 0.4) is 0 Å². The van der Waals surface area contributed by atoms with Gasteiger partial charge in [-0.2, -0.15) is 0 Å². The summed E-state index contributed by atoms with van der Waals surface area (Å²) in [6.07, 6.45) is 0.160. The van der Waals surface area contributed by atoms with Gasteiger partial charge in [0.05, 0.1) is 6.42 Å². The van der Waals surface area contributed by atoms with E-state index in [2.05, 4.69) is 5.32 Å². The monoisotopic (exact) mass is 358 g/mol. The molecule has 2 amide bonds. The van der Waals surface area contributed by atoms with E-state index in [9.17, 15) is 9.59 Å². The topological polar surface area (TPSA) is 49.4 Å². The van der Waals surface area contributed by atoms with Crippen molar-refractivity contribution >= 4 is 23.4 Å². The number of benzene rings is 2. The Labute approximate surface area is 153 Å². The summed E-state index contributed by atoms with van der Waals surface area (Å²) < 4.78 is 0. The van der Waals surface area contributed by atoms with E-state index in [-0.39, 0.29) is 18.2 Å². The molecule has 0 saturated heterocycles. The first-order valence-corrected chi connectivity index (χ1v) is 8.60. The highest BCUT2D eigenvalue weighted by atomic mass is 35.5. The van der Waals surface area contributed by atoms with Gasteiger partial charge in [0.15, 0.2) is 0 Å². The fourth-order valence-electron chi connectivity index (χ4n) is 2.59. The van der Waals surface area contributed by atoms with Crippen molar-refractivity contribution in [3.8, 4) is 0 Å². The summed E-state index contributed by atoms with van der Waals surface area (Å²) in [7, 11) is 1.57. The molecule has 0 heterocycles. The normalized spacial score (nSPS) is 11.7. The number of hydrogen-bond acceptors (Lipinski definition) is 2. The highest BCUT2D eigenvalue weighted by Gasteiger charge is 2.25. The molecular weight excluding hydrogens is 336 g/mol. The van der Waals surface area contributed by atoms with Crippen molar-refractivity contribution in [3.63, 3.8) is 0 Å². The van der Waals surface area contributed by atoms with Gasteiger partial charge < -0.3 is 10.2 Å². The number of likely N-dealkylation sites (N-methyl/N-ethyl adjacent to an activating group) is 1. The van der Waals surface area contributed by atoms with Crippen LogP contribution in [0.15, 0.2) is 48.5 Å². The summed E-state index contributed by atoms with van der Waals surface area (Å²) in [6, 6.07) is 14.6. The molecule has 0 saturated carbocycles. The lowest BCUT2D eigenvalue weighted by Gasteiger charge is -2.28. The van der Waals surface area contributed by atoms with Crippen LogP contribution in [0.5, 0.6) is 0 Å². The van der Waals surface area contributed by atoms with Crippen LogP contribution in [-0.4, -0.2) is 29.8 Å². The number of nitrogens with one attached hydrogen (secondary N) is 1. The highest BCUT2D eigenvalue weighted by molar-refractivity contribution is 6.31. The van der Waals surface area contributed by atoms with Gasteiger partial charge in [-0.25, -0.2) is 0 Å². The zero-order valence-electron chi connectivity index (χ0n) is 14.8. The Morgan fingerprint density at radius 1 is 1.12 bits per heavy atom. The van der Waals surface area contributed by atoms with Crippen molar-refractivity contribution in [2.75, 3.05) is 7.05 Å². The van der Waals surface area contributed by atoms with Crippen molar-refractivity contribution in [1.82, 2.24) is 10.2 Å². The van der Waals surface area contributed by atoms with E-state index in [4.69, 9.17) is 11.6 Å². The van der Waals surface area contributed by atoms with E-state index >= 15 is 0 Å². The van der Waals surface area contributed by atoms with Gasteiger partial charge in [0, 0.05) is 18.6 Å². The van der Waals surface area contributed by atoms with Gasteiger partial charge >= 0.3 is 0 Å². The summed E-state index contributed by atoms with van der Waals surface area (Å²) in [5, 5.41) is 3.17.